The minimum absolute atomic E-state index is 0.104. The van der Waals surface area contributed by atoms with Crippen LogP contribution in [0, 0.1) is 5.41 Å². The number of rotatable bonds is 5. The molecule has 0 radical (unpaired) electrons. The predicted octanol–water partition coefficient (Wildman–Crippen LogP) is 2.03. The van der Waals surface area contributed by atoms with Crippen molar-refractivity contribution in [1.82, 2.24) is 15.1 Å². The van der Waals surface area contributed by atoms with Gasteiger partial charge >= 0.3 is 0 Å². The van der Waals surface area contributed by atoms with Gasteiger partial charge in [-0.05, 0) is 38.3 Å². The van der Waals surface area contributed by atoms with Crippen molar-refractivity contribution in [1.29, 1.82) is 0 Å². The highest BCUT2D eigenvalue weighted by Gasteiger charge is 2.41. The third kappa shape index (κ3) is 4.60. The van der Waals surface area contributed by atoms with Gasteiger partial charge in [0.05, 0.1) is 6.54 Å². The molecule has 0 aromatic heterocycles. The fraction of sp³-hybridized carbons (Fsp3) is 0.600. The molecular weight excluding hydrogens is 314 g/mol. The highest BCUT2D eigenvalue weighted by atomic mass is 16.2. The van der Waals surface area contributed by atoms with Gasteiger partial charge in [-0.2, -0.15) is 0 Å². The highest BCUT2D eigenvalue weighted by molar-refractivity contribution is 5.78. The number of benzene rings is 1. The van der Waals surface area contributed by atoms with Gasteiger partial charge < -0.3 is 10.2 Å². The van der Waals surface area contributed by atoms with E-state index < -0.39 is 0 Å². The van der Waals surface area contributed by atoms with E-state index in [4.69, 9.17) is 0 Å². The summed E-state index contributed by atoms with van der Waals surface area (Å²) in [5.41, 5.74) is 1.33. The molecule has 5 nitrogen and oxygen atoms in total. The van der Waals surface area contributed by atoms with Gasteiger partial charge in [0.2, 0.25) is 11.8 Å². The number of piperidine rings is 2. The van der Waals surface area contributed by atoms with E-state index in [0.717, 1.165) is 38.9 Å². The van der Waals surface area contributed by atoms with Gasteiger partial charge in [0.1, 0.15) is 0 Å². The second kappa shape index (κ2) is 8.00. The number of hydrogen-bond acceptors (Lipinski definition) is 3. The maximum Gasteiger partial charge on any atom is 0.234 e. The summed E-state index contributed by atoms with van der Waals surface area (Å²) in [4.78, 5) is 28.6. The van der Waals surface area contributed by atoms with E-state index in [1.807, 2.05) is 30.0 Å². The molecule has 1 aromatic rings. The Kier molecular flexibility index (Phi) is 5.74. The molecule has 1 aromatic carbocycles. The van der Waals surface area contributed by atoms with Gasteiger partial charge in [-0.25, -0.2) is 0 Å². The van der Waals surface area contributed by atoms with E-state index >= 15 is 0 Å². The molecule has 2 aliphatic heterocycles. The van der Waals surface area contributed by atoms with Crippen molar-refractivity contribution in [3.05, 3.63) is 35.9 Å². The number of likely N-dealkylation sites (N-methyl/N-ethyl adjacent to an activating group) is 1. The first-order chi connectivity index (χ1) is 12.1. The summed E-state index contributed by atoms with van der Waals surface area (Å²) in [6, 6.07) is 10.2. The molecule has 2 fully saturated rings. The fourth-order valence-corrected chi connectivity index (χ4v) is 4.28. The van der Waals surface area contributed by atoms with Crippen LogP contribution in [0.3, 0.4) is 0 Å². The molecule has 1 N–H and O–H groups in total. The van der Waals surface area contributed by atoms with Gasteiger partial charge in [-0.3, -0.25) is 14.5 Å². The SMILES string of the molecule is CCNC(=O)CN1CCCC2(CCC(=O)N(Cc3ccccc3)C2)C1. The molecule has 2 saturated heterocycles. The third-order valence-electron chi connectivity index (χ3n) is 5.45. The molecular formula is C20H29N3O2. The Balaban J connectivity index is 1.64. The van der Waals surface area contributed by atoms with Crippen LogP contribution >= 0.6 is 0 Å². The molecule has 0 bridgehead atoms. The van der Waals surface area contributed by atoms with E-state index in [2.05, 4.69) is 22.3 Å². The molecule has 2 aliphatic rings. The number of amides is 2. The molecule has 3 rings (SSSR count). The van der Waals surface area contributed by atoms with Gasteiger partial charge in [-0.1, -0.05) is 30.3 Å². The van der Waals surface area contributed by atoms with Crippen molar-refractivity contribution in [3.63, 3.8) is 0 Å². The Hall–Kier alpha value is -1.88. The molecule has 5 heteroatoms. The molecule has 136 valence electrons. The van der Waals surface area contributed by atoms with Crippen LogP contribution in [0.15, 0.2) is 30.3 Å². The molecule has 2 heterocycles. The highest BCUT2D eigenvalue weighted by Crippen LogP contribution is 2.39. The minimum atomic E-state index is 0.104. The zero-order valence-corrected chi connectivity index (χ0v) is 15.2. The van der Waals surface area contributed by atoms with Gasteiger partial charge in [0.25, 0.3) is 0 Å². The van der Waals surface area contributed by atoms with Crippen LogP contribution in [-0.2, 0) is 16.1 Å². The van der Waals surface area contributed by atoms with Gasteiger partial charge in [0, 0.05) is 38.0 Å². The van der Waals surface area contributed by atoms with Crippen LogP contribution in [0.5, 0.6) is 0 Å². The Morgan fingerprint density at radius 2 is 2.00 bits per heavy atom. The summed E-state index contributed by atoms with van der Waals surface area (Å²) in [6.45, 7) is 6.50. The number of hydrogen-bond donors (Lipinski definition) is 1. The Bertz CT molecular complexity index is 604. The van der Waals surface area contributed by atoms with Crippen LogP contribution in [-0.4, -0.2) is 54.3 Å². The number of nitrogens with one attached hydrogen (secondary N) is 1. The van der Waals surface area contributed by atoms with Crippen LogP contribution in [0.1, 0.15) is 38.2 Å². The zero-order valence-electron chi connectivity index (χ0n) is 15.2. The topological polar surface area (TPSA) is 52.7 Å². The average Bonchev–Trinajstić information content (AvgIpc) is 2.60. The summed E-state index contributed by atoms with van der Waals surface area (Å²) in [6.07, 6.45) is 3.83. The van der Waals surface area contributed by atoms with E-state index in [9.17, 15) is 9.59 Å². The smallest absolute Gasteiger partial charge is 0.234 e. The molecule has 0 aliphatic carbocycles. The summed E-state index contributed by atoms with van der Waals surface area (Å²) in [7, 11) is 0. The van der Waals surface area contributed by atoms with Crippen molar-refractivity contribution in [2.45, 2.75) is 39.2 Å². The van der Waals surface area contributed by atoms with Crippen molar-refractivity contribution in [2.75, 3.05) is 32.7 Å². The molecule has 0 saturated carbocycles. The minimum Gasteiger partial charge on any atom is -0.355 e. The Labute approximate surface area is 150 Å². The average molecular weight is 343 g/mol. The maximum absolute atomic E-state index is 12.4. The normalized spacial score (nSPS) is 24.5. The Morgan fingerprint density at radius 1 is 1.20 bits per heavy atom. The Morgan fingerprint density at radius 3 is 2.76 bits per heavy atom. The van der Waals surface area contributed by atoms with Crippen molar-refractivity contribution in [2.24, 2.45) is 5.41 Å². The predicted molar refractivity (Wildman–Crippen MR) is 97.9 cm³/mol. The lowest BCUT2D eigenvalue weighted by Gasteiger charge is -2.48. The van der Waals surface area contributed by atoms with E-state index in [1.165, 1.54) is 5.56 Å². The lowest BCUT2D eigenvalue weighted by atomic mass is 9.73. The van der Waals surface area contributed by atoms with E-state index in [1.54, 1.807) is 0 Å². The van der Waals surface area contributed by atoms with Gasteiger partial charge in [0.15, 0.2) is 0 Å². The summed E-state index contributed by atoms with van der Waals surface area (Å²) < 4.78 is 0. The summed E-state index contributed by atoms with van der Waals surface area (Å²) in [5.74, 6) is 0.364. The quantitative estimate of drug-likeness (QED) is 0.890. The van der Waals surface area contributed by atoms with Crippen molar-refractivity contribution >= 4 is 11.8 Å². The first-order valence-electron chi connectivity index (χ1n) is 9.41. The lowest BCUT2D eigenvalue weighted by molar-refractivity contribution is -0.141. The van der Waals surface area contributed by atoms with Crippen molar-refractivity contribution < 1.29 is 9.59 Å². The molecule has 1 spiro atoms. The van der Waals surface area contributed by atoms with Crippen LogP contribution in [0.2, 0.25) is 0 Å². The maximum atomic E-state index is 12.4. The first-order valence-corrected chi connectivity index (χ1v) is 9.41. The van der Waals surface area contributed by atoms with Crippen LogP contribution in [0.25, 0.3) is 0 Å². The number of nitrogens with zero attached hydrogens (tertiary/aromatic N) is 2. The number of carbonyl (C=O) groups is 2. The second-order valence-electron chi connectivity index (χ2n) is 7.50. The molecule has 25 heavy (non-hydrogen) atoms. The fourth-order valence-electron chi connectivity index (χ4n) is 4.28. The van der Waals surface area contributed by atoms with E-state index in [0.29, 0.717) is 26.1 Å². The molecule has 2 amide bonds. The summed E-state index contributed by atoms with van der Waals surface area (Å²) in [5, 5.41) is 2.89. The lowest BCUT2D eigenvalue weighted by Crippen LogP contribution is -2.55. The van der Waals surface area contributed by atoms with Crippen LogP contribution < -0.4 is 5.32 Å². The third-order valence-corrected chi connectivity index (χ3v) is 5.45. The molecule has 1 atom stereocenters. The number of carbonyl (C=O) groups excluding carboxylic acids is 2. The standard InChI is InChI=1S/C20H29N3O2/c1-2-21-18(24)14-22-12-6-10-20(15-22)11-9-19(25)23(16-20)13-17-7-4-3-5-8-17/h3-5,7-8H,2,6,9-16H2,1H3,(H,21,24). The van der Waals surface area contributed by atoms with E-state index in [-0.39, 0.29) is 17.2 Å². The molecule has 1 unspecified atom stereocenters. The number of likely N-dealkylation sites (tertiary alicyclic amines) is 2. The van der Waals surface area contributed by atoms with Crippen LogP contribution in [0.4, 0.5) is 0 Å². The van der Waals surface area contributed by atoms with Gasteiger partial charge in [-0.15, -0.1) is 0 Å². The largest absolute Gasteiger partial charge is 0.355 e. The van der Waals surface area contributed by atoms with Crippen molar-refractivity contribution in [3.8, 4) is 0 Å². The second-order valence-corrected chi connectivity index (χ2v) is 7.50. The first kappa shape index (κ1) is 17.9. The zero-order chi connectivity index (χ0) is 17.7. The summed E-state index contributed by atoms with van der Waals surface area (Å²) >= 11 is 0. The monoisotopic (exact) mass is 343 g/mol.